The van der Waals surface area contributed by atoms with Crippen molar-refractivity contribution >= 4 is 32.6 Å². The Kier molecular flexibility index (Phi) is 3.22. The molecule has 3 heteroatoms. The Bertz CT molecular complexity index is 1440. The van der Waals surface area contributed by atoms with Crippen molar-refractivity contribution in [1.82, 2.24) is 4.57 Å². The summed E-state index contributed by atoms with van der Waals surface area (Å²) in [5.74, 6) is 0. The molecule has 124 valence electrons. The van der Waals surface area contributed by atoms with E-state index in [1.165, 1.54) is 21.5 Å². The quantitative estimate of drug-likeness (QED) is 0.393. The number of hydrogen-bond donors (Lipinski definition) is 0. The third kappa shape index (κ3) is 2.13. The summed E-state index contributed by atoms with van der Waals surface area (Å²) < 4.78 is 2.17. The van der Waals surface area contributed by atoms with E-state index in [1.807, 2.05) is 24.3 Å². The first-order valence-electron chi connectivity index (χ1n) is 8.67. The van der Waals surface area contributed by atoms with Gasteiger partial charge in [0.2, 0.25) is 0 Å². The largest absolute Gasteiger partial charge is 0.309 e. The molecular weight excluding hydrogens is 330 g/mol. The predicted octanol–water partition coefficient (Wildman–Crippen LogP) is 5.68. The van der Waals surface area contributed by atoms with Crippen molar-refractivity contribution < 1.29 is 0 Å². The minimum absolute atomic E-state index is 0.390. The Labute approximate surface area is 155 Å². The fourth-order valence-electron chi connectivity index (χ4n) is 3.88. The van der Waals surface area contributed by atoms with Crippen LogP contribution in [0.15, 0.2) is 78.9 Å². The average molecular weight is 343 g/mol. The molecule has 0 aliphatic carbocycles. The van der Waals surface area contributed by atoms with E-state index in [1.54, 1.807) is 12.1 Å². The lowest BCUT2D eigenvalue weighted by Crippen LogP contribution is -1.96. The van der Waals surface area contributed by atoms with Gasteiger partial charge < -0.3 is 4.57 Å². The molecule has 0 saturated carbocycles. The number of nitriles is 2. The Morgan fingerprint density at radius 1 is 0.630 bits per heavy atom. The lowest BCUT2D eigenvalue weighted by atomic mass is 10.0. The van der Waals surface area contributed by atoms with Crippen molar-refractivity contribution in [2.75, 3.05) is 0 Å². The molecule has 0 bridgehead atoms. The molecule has 1 aromatic heterocycles. The summed E-state index contributed by atoms with van der Waals surface area (Å²) in [5.41, 5.74) is 3.84. The third-order valence-electron chi connectivity index (χ3n) is 5.06. The molecule has 5 aromatic rings. The lowest BCUT2D eigenvalue weighted by Gasteiger charge is -2.09. The van der Waals surface area contributed by atoms with Crippen LogP contribution < -0.4 is 0 Å². The van der Waals surface area contributed by atoms with Crippen molar-refractivity contribution in [3.63, 3.8) is 0 Å². The number of rotatable bonds is 1. The summed E-state index contributed by atoms with van der Waals surface area (Å²) in [6, 6.07) is 30.6. The van der Waals surface area contributed by atoms with E-state index < -0.39 is 0 Å². The molecule has 0 aliphatic rings. The van der Waals surface area contributed by atoms with Gasteiger partial charge in [0, 0.05) is 16.5 Å². The van der Waals surface area contributed by atoms with Crippen LogP contribution in [0.4, 0.5) is 0 Å². The van der Waals surface area contributed by atoms with Gasteiger partial charge in [0.1, 0.15) is 12.1 Å². The highest BCUT2D eigenvalue weighted by molar-refractivity contribution is 6.21. The van der Waals surface area contributed by atoms with Crippen LogP contribution in [-0.2, 0) is 0 Å². The van der Waals surface area contributed by atoms with E-state index in [0.29, 0.717) is 11.1 Å². The summed E-state index contributed by atoms with van der Waals surface area (Å²) in [6.45, 7) is 0. The van der Waals surface area contributed by atoms with E-state index in [2.05, 4.69) is 59.2 Å². The van der Waals surface area contributed by atoms with Crippen molar-refractivity contribution in [2.45, 2.75) is 0 Å². The highest BCUT2D eigenvalue weighted by atomic mass is 15.0. The van der Waals surface area contributed by atoms with E-state index in [-0.39, 0.29) is 0 Å². The Morgan fingerprint density at radius 3 is 2.19 bits per heavy atom. The van der Waals surface area contributed by atoms with Gasteiger partial charge in [-0.05, 0) is 41.1 Å². The number of hydrogen-bond acceptors (Lipinski definition) is 2. The van der Waals surface area contributed by atoms with Crippen molar-refractivity contribution in [3.8, 4) is 17.8 Å². The molecule has 0 saturated heterocycles. The molecule has 0 N–H and O–H groups in total. The van der Waals surface area contributed by atoms with E-state index in [0.717, 1.165) is 16.7 Å². The molecule has 3 nitrogen and oxygen atoms in total. The fraction of sp³-hybridized carbons (Fsp3) is 0. The first kappa shape index (κ1) is 15.2. The van der Waals surface area contributed by atoms with Crippen molar-refractivity contribution in [2.24, 2.45) is 0 Å². The van der Waals surface area contributed by atoms with Crippen LogP contribution in [-0.4, -0.2) is 4.57 Å². The minimum Gasteiger partial charge on any atom is -0.309 e. The predicted molar refractivity (Wildman–Crippen MR) is 108 cm³/mol. The summed E-state index contributed by atoms with van der Waals surface area (Å²) in [6.07, 6.45) is 0. The number of para-hydroxylation sites is 1. The van der Waals surface area contributed by atoms with Crippen molar-refractivity contribution in [3.05, 3.63) is 90.0 Å². The molecule has 0 fully saturated rings. The maximum absolute atomic E-state index is 9.43. The molecule has 0 unspecified atom stereocenters. The molecule has 0 amide bonds. The fourth-order valence-corrected chi connectivity index (χ4v) is 3.88. The highest BCUT2D eigenvalue weighted by Crippen LogP contribution is 2.36. The average Bonchev–Trinajstić information content (AvgIpc) is 3.08. The topological polar surface area (TPSA) is 52.5 Å². The Hall–Kier alpha value is -4.08. The second kappa shape index (κ2) is 5.73. The van der Waals surface area contributed by atoms with Crippen LogP contribution in [0.3, 0.4) is 0 Å². The molecule has 0 aliphatic heterocycles. The third-order valence-corrected chi connectivity index (χ3v) is 5.06. The number of aromatic nitrogens is 1. The van der Waals surface area contributed by atoms with E-state index in [4.69, 9.17) is 0 Å². The Morgan fingerprint density at radius 2 is 1.37 bits per heavy atom. The summed E-state index contributed by atoms with van der Waals surface area (Å²) in [4.78, 5) is 0. The second-order valence-electron chi connectivity index (χ2n) is 6.49. The van der Waals surface area contributed by atoms with Crippen LogP contribution in [0.5, 0.6) is 0 Å². The first-order chi connectivity index (χ1) is 13.3. The first-order valence-corrected chi connectivity index (χ1v) is 8.67. The van der Waals surface area contributed by atoms with Gasteiger partial charge in [0.25, 0.3) is 0 Å². The van der Waals surface area contributed by atoms with Crippen LogP contribution in [0.1, 0.15) is 11.1 Å². The molecule has 4 aromatic carbocycles. The van der Waals surface area contributed by atoms with Crippen LogP contribution in [0.25, 0.3) is 38.3 Å². The maximum Gasteiger partial charge on any atom is 0.101 e. The molecule has 1 heterocycles. The van der Waals surface area contributed by atoms with E-state index in [9.17, 15) is 10.5 Å². The van der Waals surface area contributed by atoms with E-state index >= 15 is 0 Å². The summed E-state index contributed by atoms with van der Waals surface area (Å²) in [5, 5.41) is 23.4. The molecule has 5 rings (SSSR count). The number of nitrogens with zero attached hydrogens (tertiary/aromatic N) is 3. The SMILES string of the molecule is N#Cc1ccc(-n2c3ccccc3c3c4ccccc4ccc32)cc1C#N. The smallest absolute Gasteiger partial charge is 0.101 e. The maximum atomic E-state index is 9.43. The van der Waals surface area contributed by atoms with Gasteiger partial charge >= 0.3 is 0 Å². The highest BCUT2D eigenvalue weighted by Gasteiger charge is 2.15. The standard InChI is InChI=1S/C24H13N3/c25-14-17-9-11-19(13-18(17)15-26)27-22-8-4-3-7-21(22)24-20-6-2-1-5-16(20)10-12-23(24)27/h1-13H. The number of fused-ring (bicyclic) bond motifs is 5. The van der Waals surface area contributed by atoms with Gasteiger partial charge in [-0.15, -0.1) is 0 Å². The van der Waals surface area contributed by atoms with Crippen LogP contribution in [0, 0.1) is 22.7 Å². The van der Waals surface area contributed by atoms with Gasteiger partial charge in [-0.25, -0.2) is 0 Å². The monoisotopic (exact) mass is 343 g/mol. The molecule has 0 atom stereocenters. The molecule has 0 spiro atoms. The van der Waals surface area contributed by atoms with Crippen LogP contribution in [0.2, 0.25) is 0 Å². The second-order valence-corrected chi connectivity index (χ2v) is 6.49. The van der Waals surface area contributed by atoms with Gasteiger partial charge in [0.05, 0.1) is 22.2 Å². The van der Waals surface area contributed by atoms with Gasteiger partial charge in [-0.1, -0.05) is 48.5 Å². The Balaban J connectivity index is 1.97. The molecule has 0 radical (unpaired) electrons. The zero-order chi connectivity index (χ0) is 18.4. The number of benzene rings is 4. The zero-order valence-electron chi connectivity index (χ0n) is 14.3. The van der Waals surface area contributed by atoms with Crippen molar-refractivity contribution in [1.29, 1.82) is 10.5 Å². The van der Waals surface area contributed by atoms with Crippen LogP contribution >= 0.6 is 0 Å². The van der Waals surface area contributed by atoms with Gasteiger partial charge in [-0.2, -0.15) is 10.5 Å². The van der Waals surface area contributed by atoms with Gasteiger partial charge in [0.15, 0.2) is 0 Å². The molecular formula is C24H13N3. The lowest BCUT2D eigenvalue weighted by molar-refractivity contribution is 1.17. The zero-order valence-corrected chi connectivity index (χ0v) is 14.3. The van der Waals surface area contributed by atoms with Gasteiger partial charge in [-0.3, -0.25) is 0 Å². The minimum atomic E-state index is 0.390. The summed E-state index contributed by atoms with van der Waals surface area (Å²) in [7, 11) is 0. The summed E-state index contributed by atoms with van der Waals surface area (Å²) >= 11 is 0. The molecule has 27 heavy (non-hydrogen) atoms. The normalized spacial score (nSPS) is 10.9.